The van der Waals surface area contributed by atoms with E-state index in [1.165, 1.54) is 141 Å². The molecule has 1 atom stereocenters. The van der Waals surface area contributed by atoms with Crippen molar-refractivity contribution in [3.63, 3.8) is 0 Å². The summed E-state index contributed by atoms with van der Waals surface area (Å²) in [5, 5.41) is 0. The SMILES string of the molecule is CC/C=C\C/C=C\C/C=C\C/C=C\CCCCCCCCCCC(=O)OC(COC(=O)CCCCCCC/C=C\CCC)COC(=O)CCCCCCCCCCCC/C=C\C/C=C\C/C=C\CCCCCCC. The highest BCUT2D eigenvalue weighted by Crippen LogP contribution is 2.16. The van der Waals surface area contributed by atoms with E-state index in [0.29, 0.717) is 19.3 Å². The molecule has 0 radical (unpaired) electrons. The molecule has 0 aromatic carbocycles. The topological polar surface area (TPSA) is 78.9 Å². The Morgan fingerprint density at radius 3 is 0.892 bits per heavy atom. The highest BCUT2D eigenvalue weighted by atomic mass is 16.6. The Balaban J connectivity index is 4.28. The van der Waals surface area contributed by atoms with E-state index < -0.39 is 6.10 Å². The van der Waals surface area contributed by atoms with Gasteiger partial charge < -0.3 is 14.2 Å². The van der Waals surface area contributed by atoms with Crippen LogP contribution in [0, 0.1) is 0 Å². The molecular formula is C68H116O6. The molecule has 424 valence electrons. The number of carbonyl (C=O) groups excluding carboxylic acids is 3. The number of hydrogen-bond acceptors (Lipinski definition) is 6. The van der Waals surface area contributed by atoms with Crippen LogP contribution in [0.4, 0.5) is 0 Å². The standard InChI is InChI=1S/C68H116O6/c1-4-7-10-13-16-19-22-24-26-28-30-32-33-34-35-37-38-40-42-44-46-49-52-55-58-61-67(70)73-64-65(63-72-66(69)60-57-54-51-48-21-18-15-12-9-6-3)74-68(71)62-59-56-53-50-47-45-43-41-39-36-31-29-27-25-23-20-17-14-11-8-5-2/h8,11-12,15,17,20,22,24-25,27-28,30-31,33-34,36,65H,4-7,9-10,13-14,16,18-19,21,23,26,29,32,35,37-64H2,1-3H3/b11-8-,15-12-,20-17-,24-22-,27-25-,30-28-,34-33-,36-31-. The molecule has 0 spiro atoms. The molecule has 6 heteroatoms. The van der Waals surface area contributed by atoms with Crippen LogP contribution < -0.4 is 0 Å². The van der Waals surface area contributed by atoms with Crippen molar-refractivity contribution in [3.8, 4) is 0 Å². The van der Waals surface area contributed by atoms with Gasteiger partial charge in [-0.05, 0) is 116 Å². The molecule has 0 aromatic heterocycles. The second kappa shape index (κ2) is 61.9. The third kappa shape index (κ3) is 59.2. The summed E-state index contributed by atoms with van der Waals surface area (Å²) in [6.07, 6.45) is 82.7. The number of allylic oxidation sites excluding steroid dienone is 16. The Hall–Kier alpha value is -3.67. The van der Waals surface area contributed by atoms with Gasteiger partial charge in [-0.1, -0.05) is 259 Å². The number of hydrogen-bond donors (Lipinski definition) is 0. The zero-order chi connectivity index (χ0) is 53.6. The Kier molecular flexibility index (Phi) is 58.8. The van der Waals surface area contributed by atoms with Crippen LogP contribution in [0.3, 0.4) is 0 Å². The van der Waals surface area contributed by atoms with Crippen molar-refractivity contribution in [1.82, 2.24) is 0 Å². The Morgan fingerprint density at radius 1 is 0.284 bits per heavy atom. The van der Waals surface area contributed by atoms with Gasteiger partial charge in [0.15, 0.2) is 6.10 Å². The highest BCUT2D eigenvalue weighted by Gasteiger charge is 2.19. The van der Waals surface area contributed by atoms with Crippen molar-refractivity contribution >= 4 is 17.9 Å². The lowest BCUT2D eigenvalue weighted by Crippen LogP contribution is -2.30. The van der Waals surface area contributed by atoms with Crippen LogP contribution >= 0.6 is 0 Å². The molecule has 0 aliphatic rings. The van der Waals surface area contributed by atoms with Gasteiger partial charge in [-0.25, -0.2) is 0 Å². The monoisotopic (exact) mass is 1030 g/mol. The smallest absolute Gasteiger partial charge is 0.306 e. The molecule has 0 N–H and O–H groups in total. The number of unbranched alkanes of at least 4 members (excludes halogenated alkanes) is 29. The first kappa shape index (κ1) is 70.3. The zero-order valence-electron chi connectivity index (χ0n) is 48.6. The van der Waals surface area contributed by atoms with Gasteiger partial charge in [-0.3, -0.25) is 14.4 Å². The zero-order valence-corrected chi connectivity index (χ0v) is 48.6. The Bertz CT molecular complexity index is 1460. The first-order valence-electron chi connectivity index (χ1n) is 31.2. The Morgan fingerprint density at radius 2 is 0.554 bits per heavy atom. The normalized spacial score (nSPS) is 12.7. The van der Waals surface area contributed by atoms with E-state index in [-0.39, 0.29) is 31.1 Å². The van der Waals surface area contributed by atoms with E-state index in [4.69, 9.17) is 14.2 Å². The Labute approximate surface area is 457 Å². The van der Waals surface area contributed by atoms with Crippen molar-refractivity contribution in [1.29, 1.82) is 0 Å². The van der Waals surface area contributed by atoms with E-state index in [9.17, 15) is 14.4 Å². The molecule has 0 aromatic rings. The molecule has 0 heterocycles. The maximum absolute atomic E-state index is 12.9. The first-order chi connectivity index (χ1) is 36.5. The lowest BCUT2D eigenvalue weighted by molar-refractivity contribution is -0.167. The number of esters is 3. The number of carbonyl (C=O) groups is 3. The van der Waals surface area contributed by atoms with Crippen molar-refractivity contribution in [3.05, 3.63) is 97.2 Å². The fourth-order valence-electron chi connectivity index (χ4n) is 8.62. The van der Waals surface area contributed by atoms with Crippen molar-refractivity contribution in [2.45, 2.75) is 303 Å². The van der Waals surface area contributed by atoms with Crippen LogP contribution in [0.2, 0.25) is 0 Å². The average Bonchev–Trinajstić information content (AvgIpc) is 3.40. The van der Waals surface area contributed by atoms with Crippen LogP contribution in [0.25, 0.3) is 0 Å². The van der Waals surface area contributed by atoms with Crippen LogP contribution in [0.1, 0.15) is 297 Å². The largest absolute Gasteiger partial charge is 0.462 e. The van der Waals surface area contributed by atoms with Gasteiger partial charge in [0, 0.05) is 19.3 Å². The van der Waals surface area contributed by atoms with Crippen LogP contribution in [-0.2, 0) is 28.6 Å². The maximum atomic E-state index is 12.9. The summed E-state index contributed by atoms with van der Waals surface area (Å²) in [5.41, 5.74) is 0. The van der Waals surface area contributed by atoms with E-state index >= 15 is 0 Å². The summed E-state index contributed by atoms with van der Waals surface area (Å²) in [4.78, 5) is 38.2. The molecule has 0 aliphatic carbocycles. The number of ether oxygens (including phenoxy) is 3. The van der Waals surface area contributed by atoms with Crippen molar-refractivity contribution in [2.75, 3.05) is 13.2 Å². The molecule has 0 fully saturated rings. The molecule has 0 bridgehead atoms. The summed E-state index contributed by atoms with van der Waals surface area (Å²) in [6.45, 7) is 6.45. The highest BCUT2D eigenvalue weighted by molar-refractivity contribution is 5.71. The van der Waals surface area contributed by atoms with E-state index in [2.05, 4.69) is 118 Å². The van der Waals surface area contributed by atoms with Gasteiger partial charge in [0.05, 0.1) is 0 Å². The van der Waals surface area contributed by atoms with E-state index in [1.807, 2.05) is 0 Å². The van der Waals surface area contributed by atoms with Crippen LogP contribution in [0.15, 0.2) is 97.2 Å². The van der Waals surface area contributed by atoms with E-state index in [1.54, 1.807) is 0 Å². The summed E-state index contributed by atoms with van der Waals surface area (Å²) in [7, 11) is 0. The van der Waals surface area contributed by atoms with Gasteiger partial charge >= 0.3 is 17.9 Å². The second-order valence-corrected chi connectivity index (χ2v) is 20.6. The van der Waals surface area contributed by atoms with Crippen LogP contribution in [-0.4, -0.2) is 37.2 Å². The van der Waals surface area contributed by atoms with Gasteiger partial charge in [0.25, 0.3) is 0 Å². The third-order valence-electron chi connectivity index (χ3n) is 13.3. The quantitative estimate of drug-likeness (QED) is 0.0261. The third-order valence-corrected chi connectivity index (χ3v) is 13.3. The minimum atomic E-state index is -0.788. The van der Waals surface area contributed by atoms with Gasteiger partial charge in [0.1, 0.15) is 13.2 Å². The molecule has 0 aliphatic heterocycles. The van der Waals surface area contributed by atoms with E-state index in [0.717, 1.165) is 116 Å². The van der Waals surface area contributed by atoms with Crippen LogP contribution in [0.5, 0.6) is 0 Å². The minimum absolute atomic E-state index is 0.0854. The van der Waals surface area contributed by atoms with Gasteiger partial charge in [-0.2, -0.15) is 0 Å². The molecule has 0 saturated heterocycles. The molecular weight excluding hydrogens is 913 g/mol. The fraction of sp³-hybridized carbons (Fsp3) is 0.721. The van der Waals surface area contributed by atoms with Crippen molar-refractivity contribution < 1.29 is 28.6 Å². The first-order valence-corrected chi connectivity index (χ1v) is 31.2. The second-order valence-electron chi connectivity index (χ2n) is 20.6. The lowest BCUT2D eigenvalue weighted by atomic mass is 10.1. The molecule has 74 heavy (non-hydrogen) atoms. The molecule has 1 unspecified atom stereocenters. The molecule has 0 amide bonds. The number of rotatable bonds is 56. The van der Waals surface area contributed by atoms with Gasteiger partial charge in [0.2, 0.25) is 0 Å². The summed E-state index contributed by atoms with van der Waals surface area (Å²) in [6, 6.07) is 0. The predicted molar refractivity (Wildman–Crippen MR) is 320 cm³/mol. The average molecular weight is 1030 g/mol. The minimum Gasteiger partial charge on any atom is -0.462 e. The predicted octanol–water partition coefficient (Wildman–Crippen LogP) is 21.3. The summed E-state index contributed by atoms with van der Waals surface area (Å²) >= 11 is 0. The molecule has 0 saturated carbocycles. The lowest BCUT2D eigenvalue weighted by Gasteiger charge is -2.18. The fourth-order valence-corrected chi connectivity index (χ4v) is 8.62. The molecule has 6 nitrogen and oxygen atoms in total. The summed E-state index contributed by atoms with van der Waals surface area (Å²) in [5.74, 6) is -0.902. The van der Waals surface area contributed by atoms with Gasteiger partial charge in [-0.15, -0.1) is 0 Å². The maximum Gasteiger partial charge on any atom is 0.306 e. The molecule has 0 rings (SSSR count). The van der Waals surface area contributed by atoms with Crippen molar-refractivity contribution in [2.24, 2.45) is 0 Å². The summed E-state index contributed by atoms with van der Waals surface area (Å²) < 4.78 is 16.9.